The van der Waals surface area contributed by atoms with E-state index in [9.17, 15) is 4.79 Å². The summed E-state index contributed by atoms with van der Waals surface area (Å²) in [6.07, 6.45) is 1.25. The van der Waals surface area contributed by atoms with E-state index in [0.717, 1.165) is 10.2 Å². The molecule has 1 saturated carbocycles. The zero-order valence-corrected chi connectivity index (χ0v) is 15.8. The SMILES string of the molecule is CC1(c2ccc3sc(=O)[nH]c3c2)c2ccccc2[C@H]2C[C@H]2c2ccccc21. The van der Waals surface area contributed by atoms with Gasteiger partial charge in [0.15, 0.2) is 0 Å². The molecule has 6 rings (SSSR count). The van der Waals surface area contributed by atoms with Crippen LogP contribution in [0.15, 0.2) is 71.5 Å². The minimum absolute atomic E-state index is 0.00946. The van der Waals surface area contributed by atoms with Gasteiger partial charge in [-0.1, -0.05) is 65.9 Å². The Morgan fingerprint density at radius 3 is 2.22 bits per heavy atom. The van der Waals surface area contributed by atoms with Gasteiger partial charge in [-0.3, -0.25) is 4.79 Å². The van der Waals surface area contributed by atoms with Crippen LogP contribution in [0.4, 0.5) is 0 Å². The molecule has 4 aromatic rings. The fraction of sp³-hybridized carbons (Fsp3) is 0.208. The van der Waals surface area contributed by atoms with Gasteiger partial charge in [-0.25, -0.2) is 0 Å². The number of hydrogen-bond donors (Lipinski definition) is 1. The fourth-order valence-electron chi connectivity index (χ4n) is 5.15. The lowest BCUT2D eigenvalue weighted by Gasteiger charge is -2.34. The Kier molecular flexibility index (Phi) is 2.97. The van der Waals surface area contributed by atoms with E-state index in [1.165, 1.54) is 45.6 Å². The van der Waals surface area contributed by atoms with Crippen molar-refractivity contribution >= 4 is 21.6 Å². The van der Waals surface area contributed by atoms with E-state index in [1.807, 2.05) is 0 Å². The van der Waals surface area contributed by atoms with Crippen LogP contribution in [-0.4, -0.2) is 4.98 Å². The van der Waals surface area contributed by atoms with Crippen LogP contribution in [0.25, 0.3) is 10.2 Å². The first-order valence-electron chi connectivity index (χ1n) is 9.48. The predicted octanol–water partition coefficient (Wildman–Crippen LogP) is 5.53. The summed E-state index contributed by atoms with van der Waals surface area (Å²) >= 11 is 1.28. The number of thiazole rings is 1. The molecule has 0 bridgehead atoms. The van der Waals surface area contributed by atoms with Crippen LogP contribution >= 0.6 is 11.3 Å². The molecule has 2 nitrogen and oxygen atoms in total. The Bertz CT molecular complexity index is 1210. The van der Waals surface area contributed by atoms with E-state index < -0.39 is 0 Å². The maximum atomic E-state index is 11.8. The van der Waals surface area contributed by atoms with Crippen LogP contribution in [0, 0.1) is 0 Å². The molecule has 3 atom stereocenters. The minimum Gasteiger partial charge on any atom is -0.312 e. The maximum Gasteiger partial charge on any atom is 0.305 e. The average Bonchev–Trinajstić information content (AvgIpc) is 3.41. The van der Waals surface area contributed by atoms with Crippen LogP contribution < -0.4 is 4.87 Å². The van der Waals surface area contributed by atoms with Crippen molar-refractivity contribution < 1.29 is 0 Å². The molecule has 0 amide bonds. The highest BCUT2D eigenvalue weighted by atomic mass is 32.1. The second kappa shape index (κ2) is 5.20. The summed E-state index contributed by atoms with van der Waals surface area (Å²) in [6, 6.07) is 24.4. The third-order valence-corrected chi connectivity index (χ3v) is 7.45. The van der Waals surface area contributed by atoms with Crippen molar-refractivity contribution in [3.63, 3.8) is 0 Å². The second-order valence-electron chi connectivity index (χ2n) is 7.97. The van der Waals surface area contributed by atoms with E-state index in [2.05, 4.69) is 78.6 Å². The maximum absolute atomic E-state index is 11.8. The molecule has 0 aliphatic heterocycles. The molecule has 1 heterocycles. The first-order chi connectivity index (χ1) is 13.2. The number of aromatic nitrogens is 1. The lowest BCUT2D eigenvalue weighted by Crippen LogP contribution is -2.27. The number of hydrogen-bond acceptors (Lipinski definition) is 2. The normalized spacial score (nSPS) is 25.4. The van der Waals surface area contributed by atoms with Gasteiger partial charge in [0.05, 0.1) is 10.2 Å². The van der Waals surface area contributed by atoms with Gasteiger partial charge in [0.25, 0.3) is 0 Å². The lowest BCUT2D eigenvalue weighted by atomic mass is 9.68. The van der Waals surface area contributed by atoms with Crippen molar-refractivity contribution in [3.8, 4) is 0 Å². The standard InChI is InChI=1S/C24H19NOS/c1-24(14-10-11-22-21(12-14)25-23(26)27-22)19-8-4-2-6-15(19)17-13-18(17)16-7-3-5-9-20(16)24/h2-12,17-18H,13H2,1H3,(H,25,26)/t17-,18+,24?. The summed E-state index contributed by atoms with van der Waals surface area (Å²) in [5.74, 6) is 1.27. The molecule has 3 heteroatoms. The van der Waals surface area contributed by atoms with Crippen molar-refractivity contribution in [1.82, 2.24) is 4.98 Å². The van der Waals surface area contributed by atoms with Gasteiger partial charge < -0.3 is 4.98 Å². The number of fused-ring (bicyclic) bond motifs is 6. The zero-order chi connectivity index (χ0) is 18.2. The Balaban J connectivity index is 1.71. The molecule has 0 radical (unpaired) electrons. The molecule has 27 heavy (non-hydrogen) atoms. The summed E-state index contributed by atoms with van der Waals surface area (Å²) in [5.41, 5.74) is 7.73. The summed E-state index contributed by atoms with van der Waals surface area (Å²) in [6.45, 7) is 2.35. The highest BCUT2D eigenvalue weighted by Crippen LogP contribution is 2.62. The minimum atomic E-state index is -0.229. The van der Waals surface area contributed by atoms with Crippen molar-refractivity contribution in [1.29, 1.82) is 0 Å². The molecule has 2 aliphatic rings. The summed E-state index contributed by atoms with van der Waals surface area (Å²) in [5, 5.41) is 0. The monoisotopic (exact) mass is 369 g/mol. The number of nitrogens with one attached hydrogen (secondary N) is 1. The van der Waals surface area contributed by atoms with Gasteiger partial charge in [-0.15, -0.1) is 0 Å². The molecule has 1 fully saturated rings. The molecule has 1 aromatic heterocycles. The zero-order valence-electron chi connectivity index (χ0n) is 15.0. The third kappa shape index (κ3) is 2.03. The Hall–Kier alpha value is -2.65. The molecule has 0 saturated heterocycles. The highest BCUT2D eigenvalue weighted by molar-refractivity contribution is 7.16. The summed E-state index contributed by atoms with van der Waals surface area (Å²) in [4.78, 5) is 14.8. The molecule has 0 spiro atoms. The van der Waals surface area contributed by atoms with Crippen LogP contribution in [0.2, 0.25) is 0 Å². The number of aromatic amines is 1. The van der Waals surface area contributed by atoms with Gasteiger partial charge in [-0.05, 0) is 65.1 Å². The van der Waals surface area contributed by atoms with E-state index in [4.69, 9.17) is 0 Å². The van der Waals surface area contributed by atoms with E-state index in [-0.39, 0.29) is 10.3 Å². The van der Waals surface area contributed by atoms with Crippen LogP contribution in [0.1, 0.15) is 53.0 Å². The van der Waals surface area contributed by atoms with Gasteiger partial charge in [0.1, 0.15) is 0 Å². The van der Waals surface area contributed by atoms with Gasteiger partial charge in [-0.2, -0.15) is 0 Å². The van der Waals surface area contributed by atoms with E-state index in [0.29, 0.717) is 11.8 Å². The van der Waals surface area contributed by atoms with Crippen molar-refractivity contribution in [3.05, 3.63) is 104 Å². The van der Waals surface area contributed by atoms with Gasteiger partial charge >= 0.3 is 4.87 Å². The van der Waals surface area contributed by atoms with E-state index in [1.54, 1.807) is 0 Å². The third-order valence-electron chi connectivity index (χ3n) is 6.58. The second-order valence-corrected chi connectivity index (χ2v) is 8.99. The Morgan fingerprint density at radius 1 is 0.926 bits per heavy atom. The van der Waals surface area contributed by atoms with E-state index >= 15 is 0 Å². The molecule has 132 valence electrons. The highest BCUT2D eigenvalue weighted by Gasteiger charge is 2.49. The molecule has 3 aromatic carbocycles. The van der Waals surface area contributed by atoms with Gasteiger partial charge in [0, 0.05) is 5.41 Å². The molecule has 1 unspecified atom stereocenters. The lowest BCUT2D eigenvalue weighted by molar-refractivity contribution is 0.682. The number of benzene rings is 3. The molecule has 2 aliphatic carbocycles. The number of H-pyrrole nitrogens is 1. The summed E-state index contributed by atoms with van der Waals surface area (Å²) in [7, 11) is 0. The quantitative estimate of drug-likeness (QED) is 0.470. The number of rotatable bonds is 1. The summed E-state index contributed by atoms with van der Waals surface area (Å²) < 4.78 is 1.02. The Morgan fingerprint density at radius 2 is 1.56 bits per heavy atom. The molecular formula is C24H19NOS. The fourth-order valence-corrected chi connectivity index (χ4v) is 5.87. The van der Waals surface area contributed by atoms with Crippen LogP contribution in [-0.2, 0) is 5.41 Å². The van der Waals surface area contributed by atoms with Crippen molar-refractivity contribution in [2.75, 3.05) is 0 Å². The van der Waals surface area contributed by atoms with Crippen molar-refractivity contribution in [2.45, 2.75) is 30.6 Å². The van der Waals surface area contributed by atoms with Crippen LogP contribution in [0.3, 0.4) is 0 Å². The molecular weight excluding hydrogens is 350 g/mol. The van der Waals surface area contributed by atoms with Crippen LogP contribution in [0.5, 0.6) is 0 Å². The Labute approximate surface area is 161 Å². The predicted molar refractivity (Wildman–Crippen MR) is 111 cm³/mol. The first-order valence-corrected chi connectivity index (χ1v) is 10.3. The topological polar surface area (TPSA) is 32.9 Å². The van der Waals surface area contributed by atoms with Gasteiger partial charge in [0.2, 0.25) is 0 Å². The average molecular weight is 369 g/mol. The molecule has 1 N–H and O–H groups in total. The largest absolute Gasteiger partial charge is 0.312 e. The van der Waals surface area contributed by atoms with Crippen molar-refractivity contribution in [2.24, 2.45) is 0 Å². The first kappa shape index (κ1) is 15.4. The smallest absolute Gasteiger partial charge is 0.305 e.